The van der Waals surface area contributed by atoms with Crippen molar-refractivity contribution in [1.82, 2.24) is 9.80 Å². The Labute approximate surface area is 145 Å². The van der Waals surface area contributed by atoms with Gasteiger partial charge in [-0.15, -0.1) is 6.58 Å². The van der Waals surface area contributed by atoms with Crippen LogP contribution in [0.2, 0.25) is 0 Å². The van der Waals surface area contributed by atoms with E-state index in [4.69, 9.17) is 17.0 Å². The molecule has 1 aliphatic heterocycles. The van der Waals surface area contributed by atoms with Crippen LogP contribution in [0.1, 0.15) is 11.1 Å². The van der Waals surface area contributed by atoms with Crippen LogP contribution in [0.3, 0.4) is 0 Å². The molecule has 0 radical (unpaired) electrons. The van der Waals surface area contributed by atoms with Gasteiger partial charge in [0, 0.05) is 19.7 Å². The standard InChI is InChI=1S/C17H18N2O4S/c1-5-6-11-7-10(9-13(23-4)14(11)20)8-12-15(21)18(2)17(24)19(3)16(12)22/h5,7-9,20H,1,6H2,2-4H3. The molecule has 126 valence electrons. The summed E-state index contributed by atoms with van der Waals surface area (Å²) in [5, 5.41) is 10.3. The van der Waals surface area contributed by atoms with Crippen LogP contribution in [0.4, 0.5) is 0 Å². The van der Waals surface area contributed by atoms with Crippen LogP contribution in [0, 0.1) is 0 Å². The molecular formula is C17H18N2O4S. The van der Waals surface area contributed by atoms with Gasteiger partial charge in [0.2, 0.25) is 0 Å². The number of likely N-dealkylation sites (N-methyl/N-ethyl adjacent to an activating group) is 2. The number of aromatic hydroxyl groups is 1. The monoisotopic (exact) mass is 346 g/mol. The van der Waals surface area contributed by atoms with E-state index in [-0.39, 0.29) is 22.2 Å². The van der Waals surface area contributed by atoms with Crippen molar-refractivity contribution < 1.29 is 19.4 Å². The minimum absolute atomic E-state index is 0.00843. The summed E-state index contributed by atoms with van der Waals surface area (Å²) in [6.07, 6.45) is 3.53. The summed E-state index contributed by atoms with van der Waals surface area (Å²) < 4.78 is 5.15. The summed E-state index contributed by atoms with van der Waals surface area (Å²) in [6, 6.07) is 3.24. The van der Waals surface area contributed by atoms with Gasteiger partial charge in [-0.1, -0.05) is 6.08 Å². The van der Waals surface area contributed by atoms with Gasteiger partial charge < -0.3 is 9.84 Å². The predicted octanol–water partition coefficient (Wildman–Crippen LogP) is 1.73. The number of methoxy groups -OCH3 is 1. The zero-order chi connectivity index (χ0) is 18.0. The number of allylic oxidation sites excluding steroid dienone is 1. The van der Waals surface area contributed by atoms with Crippen molar-refractivity contribution in [2.75, 3.05) is 21.2 Å². The second kappa shape index (κ2) is 6.84. The van der Waals surface area contributed by atoms with Crippen molar-refractivity contribution in [2.24, 2.45) is 0 Å². The molecule has 24 heavy (non-hydrogen) atoms. The third-order valence-electron chi connectivity index (χ3n) is 3.72. The van der Waals surface area contributed by atoms with Gasteiger partial charge in [0.1, 0.15) is 5.57 Å². The van der Waals surface area contributed by atoms with Crippen LogP contribution >= 0.6 is 12.2 Å². The molecule has 0 spiro atoms. The first-order chi connectivity index (χ1) is 11.3. The van der Waals surface area contributed by atoms with Gasteiger partial charge in [0.15, 0.2) is 16.6 Å². The van der Waals surface area contributed by atoms with Crippen LogP contribution in [0.5, 0.6) is 11.5 Å². The molecule has 0 aromatic heterocycles. The Bertz CT molecular complexity index is 744. The number of amides is 2. The maximum atomic E-state index is 12.4. The summed E-state index contributed by atoms with van der Waals surface area (Å²) in [6.45, 7) is 3.65. The highest BCUT2D eigenvalue weighted by Gasteiger charge is 2.35. The highest BCUT2D eigenvalue weighted by molar-refractivity contribution is 7.80. The van der Waals surface area contributed by atoms with Gasteiger partial charge in [-0.25, -0.2) is 0 Å². The summed E-state index contributed by atoms with van der Waals surface area (Å²) in [5.74, 6) is -0.675. The maximum Gasteiger partial charge on any atom is 0.265 e. The topological polar surface area (TPSA) is 70.1 Å². The van der Waals surface area contributed by atoms with Gasteiger partial charge in [-0.3, -0.25) is 19.4 Å². The van der Waals surface area contributed by atoms with Crippen molar-refractivity contribution in [1.29, 1.82) is 0 Å². The summed E-state index contributed by atoms with van der Waals surface area (Å²) in [5.41, 5.74) is 1.14. The number of ether oxygens (including phenoxy) is 1. The van der Waals surface area contributed by atoms with Crippen molar-refractivity contribution >= 4 is 35.2 Å². The fraction of sp³-hybridized carbons (Fsp3) is 0.235. The molecule has 2 rings (SSSR count). The summed E-state index contributed by atoms with van der Waals surface area (Å²) in [4.78, 5) is 27.2. The van der Waals surface area contributed by atoms with Crippen LogP contribution in [0.25, 0.3) is 6.08 Å². The minimum Gasteiger partial charge on any atom is -0.504 e. The van der Waals surface area contributed by atoms with E-state index in [9.17, 15) is 14.7 Å². The van der Waals surface area contributed by atoms with E-state index in [2.05, 4.69) is 6.58 Å². The average molecular weight is 346 g/mol. The fourth-order valence-corrected chi connectivity index (χ4v) is 2.55. The molecule has 0 aliphatic carbocycles. The van der Waals surface area contributed by atoms with E-state index >= 15 is 0 Å². The number of thiocarbonyl (C=S) groups is 1. The molecule has 1 heterocycles. The molecular weight excluding hydrogens is 328 g/mol. The second-order valence-corrected chi connectivity index (χ2v) is 5.66. The van der Waals surface area contributed by atoms with E-state index in [1.165, 1.54) is 37.1 Å². The van der Waals surface area contributed by atoms with Crippen molar-refractivity contribution in [3.63, 3.8) is 0 Å². The van der Waals surface area contributed by atoms with Crippen molar-refractivity contribution in [3.8, 4) is 11.5 Å². The second-order valence-electron chi connectivity index (χ2n) is 5.29. The summed E-state index contributed by atoms with van der Waals surface area (Å²) in [7, 11) is 4.46. The number of hydrogen-bond acceptors (Lipinski definition) is 5. The van der Waals surface area contributed by atoms with Crippen LogP contribution in [-0.2, 0) is 16.0 Å². The van der Waals surface area contributed by atoms with Crippen molar-refractivity contribution in [3.05, 3.63) is 41.5 Å². The average Bonchev–Trinajstić information content (AvgIpc) is 2.57. The molecule has 1 N–H and O–H groups in total. The van der Waals surface area contributed by atoms with Crippen LogP contribution < -0.4 is 4.74 Å². The largest absolute Gasteiger partial charge is 0.504 e. The lowest BCUT2D eigenvalue weighted by Gasteiger charge is -2.31. The molecule has 0 saturated carbocycles. The Kier molecular flexibility index (Phi) is 5.04. The van der Waals surface area contributed by atoms with E-state index in [0.29, 0.717) is 17.5 Å². The van der Waals surface area contributed by atoms with E-state index in [0.717, 1.165) is 0 Å². The van der Waals surface area contributed by atoms with Crippen molar-refractivity contribution in [2.45, 2.75) is 6.42 Å². The molecule has 1 fully saturated rings. The molecule has 1 aliphatic rings. The highest BCUT2D eigenvalue weighted by Crippen LogP contribution is 2.33. The van der Waals surface area contributed by atoms with Gasteiger partial charge in [0.05, 0.1) is 7.11 Å². The van der Waals surface area contributed by atoms with E-state index < -0.39 is 11.8 Å². The van der Waals surface area contributed by atoms with Gasteiger partial charge in [-0.05, 0) is 42.4 Å². The molecule has 6 nitrogen and oxygen atoms in total. The molecule has 1 aromatic rings. The summed E-state index contributed by atoms with van der Waals surface area (Å²) >= 11 is 5.05. The van der Waals surface area contributed by atoms with Gasteiger partial charge in [-0.2, -0.15) is 0 Å². The van der Waals surface area contributed by atoms with Crippen LogP contribution in [-0.4, -0.2) is 53.0 Å². The first kappa shape index (κ1) is 17.7. The first-order valence-corrected chi connectivity index (χ1v) is 7.55. The highest BCUT2D eigenvalue weighted by atomic mass is 32.1. The Morgan fingerprint density at radius 3 is 2.33 bits per heavy atom. The number of rotatable bonds is 4. The molecule has 1 saturated heterocycles. The number of hydrogen-bond donors (Lipinski definition) is 1. The Morgan fingerprint density at radius 2 is 1.83 bits per heavy atom. The lowest BCUT2D eigenvalue weighted by molar-refractivity contribution is -0.132. The first-order valence-electron chi connectivity index (χ1n) is 7.14. The zero-order valence-corrected chi connectivity index (χ0v) is 14.5. The smallest absolute Gasteiger partial charge is 0.265 e. The van der Waals surface area contributed by atoms with Gasteiger partial charge in [0.25, 0.3) is 11.8 Å². The fourth-order valence-electron chi connectivity index (χ4n) is 2.38. The third kappa shape index (κ3) is 3.03. The molecule has 0 bridgehead atoms. The quantitative estimate of drug-likeness (QED) is 0.389. The van der Waals surface area contributed by atoms with E-state index in [1.54, 1.807) is 18.2 Å². The Hall–Kier alpha value is -2.67. The third-order valence-corrected chi connectivity index (χ3v) is 4.26. The maximum absolute atomic E-state index is 12.4. The Morgan fingerprint density at radius 1 is 1.25 bits per heavy atom. The molecule has 0 unspecified atom stereocenters. The molecule has 7 heteroatoms. The number of phenolic OH excluding ortho intramolecular Hbond substituents is 1. The normalized spacial score (nSPS) is 15.0. The molecule has 1 aromatic carbocycles. The number of carbonyl (C=O) groups excluding carboxylic acids is 2. The predicted molar refractivity (Wildman–Crippen MR) is 94.7 cm³/mol. The van der Waals surface area contributed by atoms with Crippen LogP contribution in [0.15, 0.2) is 30.4 Å². The molecule has 0 atom stereocenters. The lowest BCUT2D eigenvalue weighted by atomic mass is 10.0. The van der Waals surface area contributed by atoms with Gasteiger partial charge >= 0.3 is 0 Å². The number of nitrogens with zero attached hydrogens (tertiary/aromatic N) is 2. The SMILES string of the molecule is C=CCc1cc(C=C2C(=O)N(C)C(=S)N(C)C2=O)cc(OC)c1O. The van der Waals surface area contributed by atoms with E-state index in [1.807, 2.05) is 0 Å². The Balaban J connectivity index is 2.55. The number of phenols is 1. The zero-order valence-electron chi connectivity index (χ0n) is 13.7. The number of carbonyl (C=O) groups is 2. The lowest BCUT2D eigenvalue weighted by Crippen LogP contribution is -2.52. The minimum atomic E-state index is -0.472. The molecule has 2 amide bonds. The number of benzene rings is 1.